The first-order valence-electron chi connectivity index (χ1n) is 2.52. The summed E-state index contributed by atoms with van der Waals surface area (Å²) in [5, 5.41) is 0. The molecule has 1 heterocycles. The van der Waals surface area contributed by atoms with Gasteiger partial charge in [0.25, 0.3) is 0 Å². The van der Waals surface area contributed by atoms with Gasteiger partial charge in [0.2, 0.25) is 0 Å². The van der Waals surface area contributed by atoms with E-state index in [1.165, 1.54) is 9.26 Å². The third-order valence-electron chi connectivity index (χ3n) is 0.932. The van der Waals surface area contributed by atoms with Gasteiger partial charge in [-0.05, 0) is 0 Å². The zero-order chi connectivity index (χ0) is 5.98. The first-order chi connectivity index (χ1) is 3.79. The van der Waals surface area contributed by atoms with E-state index in [0.717, 1.165) is 0 Å². The van der Waals surface area contributed by atoms with E-state index in [4.69, 9.17) is 0 Å². The van der Waals surface area contributed by atoms with E-state index in [1.54, 1.807) is 0 Å². The standard InChI is InChI=1S/C6H6N.ClH.Mg/c1-6-3-2-4-7-5-6;;/h3-5H,1H3;1H;/q;;+1/p-1. The molecule has 0 saturated carbocycles. The number of nitrogens with zero attached hydrogens (tertiary/aromatic N) is 1. The zero-order valence-electron chi connectivity index (χ0n) is 5.26. The van der Waals surface area contributed by atoms with Crippen molar-refractivity contribution in [3.63, 3.8) is 0 Å². The summed E-state index contributed by atoms with van der Waals surface area (Å²) in [5.41, 5.74) is 1.23. The Morgan fingerprint density at radius 2 is 2.11 bits per heavy atom. The van der Waals surface area contributed by atoms with E-state index in [0.29, 0.717) is 0 Å². The normalized spacial score (nSPS) is 8.33. The molecule has 0 aliphatic heterocycles. The average Bonchev–Trinajstić information content (AvgIpc) is 1.64. The minimum absolute atomic E-state index is 0. The van der Waals surface area contributed by atoms with E-state index in [1.807, 2.05) is 41.0 Å². The fraction of sp³-hybridized carbons (Fsp3) is 0.167. The van der Waals surface area contributed by atoms with Crippen LogP contribution in [0.2, 0.25) is 0 Å². The molecule has 44 valence electrons. The van der Waals surface area contributed by atoms with Crippen LogP contribution < -0.4 is 16.1 Å². The molecule has 0 spiro atoms. The van der Waals surface area contributed by atoms with Gasteiger partial charge in [0, 0.05) is 0 Å². The van der Waals surface area contributed by atoms with E-state index >= 15 is 0 Å². The van der Waals surface area contributed by atoms with Crippen molar-refractivity contribution in [2.75, 3.05) is 0 Å². The van der Waals surface area contributed by atoms with E-state index in [9.17, 15) is 0 Å². The largest absolute Gasteiger partial charge is 1.00 e. The van der Waals surface area contributed by atoms with Gasteiger partial charge in [-0.25, -0.2) is 0 Å². The van der Waals surface area contributed by atoms with Gasteiger partial charge < -0.3 is 12.4 Å². The molecule has 0 amide bonds. The molecule has 0 fully saturated rings. The first-order valence-corrected chi connectivity index (χ1v) is 3.23. The summed E-state index contributed by atoms with van der Waals surface area (Å²) in [4.78, 5) is 3.99. The van der Waals surface area contributed by atoms with Gasteiger partial charge in [0.15, 0.2) is 0 Å². The fourth-order valence-corrected chi connectivity index (χ4v) is 1.04. The molecule has 0 aromatic carbocycles. The Balaban J connectivity index is 0.000000640. The van der Waals surface area contributed by atoms with Crippen molar-refractivity contribution in [1.82, 2.24) is 4.98 Å². The molecule has 0 radical (unpaired) electrons. The van der Waals surface area contributed by atoms with Crippen LogP contribution in [0.3, 0.4) is 0 Å². The second-order valence-electron chi connectivity index (χ2n) is 1.87. The number of aryl methyl sites for hydroxylation is 1. The maximum absolute atomic E-state index is 3.99. The maximum Gasteiger partial charge on any atom is -1.00 e. The molecule has 0 N–H and O–H groups in total. The van der Waals surface area contributed by atoms with Crippen LogP contribution in [-0.2, 0) is 0 Å². The Morgan fingerprint density at radius 3 is 2.44 bits per heavy atom. The molecule has 1 aromatic rings. The first kappa shape index (κ1) is 9.21. The third-order valence-corrected chi connectivity index (χ3v) is 1.32. The van der Waals surface area contributed by atoms with E-state index in [-0.39, 0.29) is 12.4 Å². The number of hydrogen-bond acceptors (Lipinski definition) is 1. The minimum Gasteiger partial charge on any atom is -1.00 e. The second-order valence-corrected chi connectivity index (χ2v) is 2.69. The van der Waals surface area contributed by atoms with E-state index < -0.39 is 0 Å². The van der Waals surface area contributed by atoms with Crippen LogP contribution in [0.5, 0.6) is 0 Å². The van der Waals surface area contributed by atoms with E-state index in [2.05, 4.69) is 11.1 Å². The van der Waals surface area contributed by atoms with Crippen LogP contribution in [0.15, 0.2) is 18.5 Å². The average molecular weight is 152 g/mol. The molecule has 0 atom stereocenters. The van der Waals surface area contributed by atoms with Crippen LogP contribution in [0.25, 0.3) is 0 Å². The van der Waals surface area contributed by atoms with Gasteiger partial charge >= 0.3 is 61.3 Å². The fourth-order valence-electron chi connectivity index (χ4n) is 0.618. The molecule has 9 heavy (non-hydrogen) atoms. The minimum atomic E-state index is 0. The molecular formula is C6H6ClMgN. The van der Waals surface area contributed by atoms with Gasteiger partial charge in [0.1, 0.15) is 0 Å². The molecule has 3 heteroatoms. The molecule has 1 nitrogen and oxygen atoms in total. The number of halogens is 1. The topological polar surface area (TPSA) is 12.9 Å². The summed E-state index contributed by atoms with van der Waals surface area (Å²) in [7, 11) is 0. The third kappa shape index (κ3) is 3.03. The number of pyridine rings is 1. The van der Waals surface area contributed by atoms with Crippen LogP contribution in [0, 0.1) is 6.92 Å². The monoisotopic (exact) mass is 151 g/mol. The summed E-state index contributed by atoms with van der Waals surface area (Å²) < 4.78 is 1.25. The van der Waals surface area contributed by atoms with Crippen LogP contribution >= 0.6 is 0 Å². The van der Waals surface area contributed by atoms with Gasteiger partial charge in [-0.15, -0.1) is 0 Å². The molecule has 1 rings (SSSR count). The molecule has 0 aliphatic rings. The maximum atomic E-state index is 3.99. The molecule has 0 aliphatic carbocycles. The molecule has 0 unspecified atom stereocenters. The van der Waals surface area contributed by atoms with Crippen molar-refractivity contribution >= 4 is 25.4 Å². The quantitative estimate of drug-likeness (QED) is 0.365. The van der Waals surface area contributed by atoms with Crippen LogP contribution in [-0.4, -0.2) is 26.7 Å². The van der Waals surface area contributed by atoms with Crippen LogP contribution in [0.4, 0.5) is 0 Å². The van der Waals surface area contributed by atoms with Crippen molar-refractivity contribution < 1.29 is 12.4 Å². The zero-order valence-corrected chi connectivity index (χ0v) is 7.43. The Kier molecular flexibility index (Phi) is 4.18. The second kappa shape index (κ2) is 4.09. The number of rotatable bonds is 0. The predicted molar refractivity (Wildman–Crippen MR) is 34.4 cm³/mol. The predicted octanol–water partition coefficient (Wildman–Crippen LogP) is -2.81. The molecule has 0 saturated heterocycles. The van der Waals surface area contributed by atoms with Gasteiger partial charge in [-0.1, -0.05) is 0 Å². The summed E-state index contributed by atoms with van der Waals surface area (Å²) in [5.74, 6) is 0. The van der Waals surface area contributed by atoms with Gasteiger partial charge in [0.05, 0.1) is 0 Å². The van der Waals surface area contributed by atoms with Crippen molar-refractivity contribution in [2.45, 2.75) is 6.92 Å². The summed E-state index contributed by atoms with van der Waals surface area (Å²) in [6.45, 7) is 2.05. The Morgan fingerprint density at radius 1 is 1.44 bits per heavy atom. The molecular weight excluding hydrogens is 146 g/mol. The number of aromatic nitrogens is 1. The van der Waals surface area contributed by atoms with Gasteiger partial charge in [-0.3, -0.25) is 0 Å². The number of hydrogen-bond donors (Lipinski definition) is 0. The summed E-state index contributed by atoms with van der Waals surface area (Å²) >= 11 is 1.86. The van der Waals surface area contributed by atoms with Crippen molar-refractivity contribution in [2.24, 2.45) is 0 Å². The van der Waals surface area contributed by atoms with Crippen molar-refractivity contribution in [1.29, 1.82) is 0 Å². The van der Waals surface area contributed by atoms with Gasteiger partial charge in [-0.2, -0.15) is 0 Å². The van der Waals surface area contributed by atoms with Crippen molar-refractivity contribution in [3.05, 3.63) is 24.0 Å². The smallest absolute Gasteiger partial charge is 1.00 e. The van der Waals surface area contributed by atoms with Crippen molar-refractivity contribution in [3.8, 4) is 0 Å². The van der Waals surface area contributed by atoms with Crippen LogP contribution in [0.1, 0.15) is 5.56 Å². The Hall–Kier alpha value is 0.206. The Bertz CT molecular complexity index is 173. The Labute approximate surface area is 73.7 Å². The summed E-state index contributed by atoms with van der Waals surface area (Å²) in [6.07, 6.45) is 3.73. The SMILES string of the molecule is Cc1cnc[c]([Mg+])c1.[Cl-]. The summed E-state index contributed by atoms with van der Waals surface area (Å²) in [6, 6.07) is 2.12. The molecule has 0 bridgehead atoms. The molecule has 1 aromatic heterocycles.